The van der Waals surface area contributed by atoms with E-state index in [1.165, 1.54) is 17.4 Å². The summed E-state index contributed by atoms with van der Waals surface area (Å²) in [6, 6.07) is 9.40. The first-order valence-electron chi connectivity index (χ1n) is 11.8. The smallest absolute Gasteiger partial charge is 0.264 e. The van der Waals surface area contributed by atoms with Crippen molar-refractivity contribution in [1.29, 1.82) is 0 Å². The highest BCUT2D eigenvalue weighted by molar-refractivity contribution is 7.22. The highest BCUT2D eigenvalue weighted by Crippen LogP contribution is 2.44. The van der Waals surface area contributed by atoms with Gasteiger partial charge in [0, 0.05) is 39.0 Å². The van der Waals surface area contributed by atoms with Crippen LogP contribution in [0.4, 0.5) is 10.1 Å². The molecular formula is C27H21FN4O2S. The minimum atomic E-state index is -0.558. The number of thiophene rings is 1. The molecule has 2 fully saturated rings. The van der Waals surface area contributed by atoms with Crippen LogP contribution in [-0.4, -0.2) is 34.1 Å². The van der Waals surface area contributed by atoms with E-state index in [4.69, 9.17) is 16.8 Å². The molecule has 174 valence electrons. The fourth-order valence-electron chi connectivity index (χ4n) is 6.18. The molecule has 0 radical (unpaired) electrons. The minimum absolute atomic E-state index is 0.0203. The molecule has 0 spiro atoms. The van der Waals surface area contributed by atoms with Crippen LogP contribution in [0.3, 0.4) is 0 Å². The quantitative estimate of drug-likeness (QED) is 0.219. The fraction of sp³-hybridized carbons (Fsp3) is 0.296. The van der Waals surface area contributed by atoms with Crippen LogP contribution < -0.4 is 5.73 Å². The molecule has 5 aromatic rings. The Morgan fingerprint density at radius 1 is 1.09 bits per heavy atom. The molecule has 4 heterocycles. The van der Waals surface area contributed by atoms with Gasteiger partial charge in [-0.15, -0.1) is 11.3 Å². The van der Waals surface area contributed by atoms with Gasteiger partial charge in [0.2, 0.25) is 5.69 Å². The zero-order valence-electron chi connectivity index (χ0n) is 19.0. The third-order valence-corrected chi connectivity index (χ3v) is 8.93. The Kier molecular flexibility index (Phi) is 4.30. The predicted molar refractivity (Wildman–Crippen MR) is 136 cm³/mol. The summed E-state index contributed by atoms with van der Waals surface area (Å²) in [6.45, 7) is 9.28. The SMILES string of the molecule is [C-]#[N+]c1cc2c(cc1F)c1cc(C(=O)N3C4CCC3CC(N)C4)sc1c1cc3onc(C)c3cc21. The number of halogens is 1. The van der Waals surface area contributed by atoms with Gasteiger partial charge in [-0.05, 0) is 79.1 Å². The van der Waals surface area contributed by atoms with Gasteiger partial charge in [-0.25, -0.2) is 9.24 Å². The van der Waals surface area contributed by atoms with Crippen molar-refractivity contribution in [2.45, 2.75) is 50.7 Å². The second-order valence-electron chi connectivity index (χ2n) is 9.81. The number of carbonyl (C=O) groups is 1. The number of nitrogens with two attached hydrogens (primary N) is 1. The Morgan fingerprint density at radius 3 is 2.51 bits per heavy atom. The van der Waals surface area contributed by atoms with E-state index >= 15 is 0 Å². The van der Waals surface area contributed by atoms with Crippen LogP contribution in [0.15, 0.2) is 34.9 Å². The highest BCUT2D eigenvalue weighted by Gasteiger charge is 2.42. The van der Waals surface area contributed by atoms with Crippen molar-refractivity contribution in [2.24, 2.45) is 5.73 Å². The van der Waals surface area contributed by atoms with Gasteiger partial charge >= 0.3 is 0 Å². The lowest BCUT2D eigenvalue weighted by Crippen LogP contribution is -2.49. The summed E-state index contributed by atoms with van der Waals surface area (Å²) < 4.78 is 21.2. The maximum atomic E-state index is 14.8. The number of fused-ring (bicyclic) bond motifs is 9. The number of aryl methyl sites for hydroxylation is 1. The van der Waals surface area contributed by atoms with Crippen molar-refractivity contribution in [3.8, 4) is 0 Å². The molecule has 2 N–H and O–H groups in total. The van der Waals surface area contributed by atoms with Gasteiger partial charge in [0.15, 0.2) is 5.58 Å². The Morgan fingerprint density at radius 2 is 1.77 bits per heavy atom. The van der Waals surface area contributed by atoms with Gasteiger partial charge in [0.1, 0.15) is 5.82 Å². The van der Waals surface area contributed by atoms with E-state index in [0.29, 0.717) is 15.8 Å². The summed E-state index contributed by atoms with van der Waals surface area (Å²) in [6.07, 6.45) is 3.67. The van der Waals surface area contributed by atoms with Crippen molar-refractivity contribution in [3.05, 3.63) is 58.1 Å². The lowest BCUT2D eigenvalue weighted by atomic mass is 9.96. The fourth-order valence-corrected chi connectivity index (χ4v) is 7.33. The average molecular weight is 485 g/mol. The van der Waals surface area contributed by atoms with Gasteiger partial charge in [-0.1, -0.05) is 5.16 Å². The van der Waals surface area contributed by atoms with Crippen LogP contribution in [0, 0.1) is 19.3 Å². The Bertz CT molecular complexity index is 1750. The van der Waals surface area contributed by atoms with E-state index in [1.54, 1.807) is 6.07 Å². The van der Waals surface area contributed by atoms with Crippen LogP contribution in [0.1, 0.15) is 41.0 Å². The molecule has 0 aliphatic carbocycles. The normalized spacial score (nSPS) is 22.0. The molecule has 2 bridgehead atoms. The maximum absolute atomic E-state index is 14.8. The van der Waals surface area contributed by atoms with Crippen LogP contribution in [-0.2, 0) is 0 Å². The summed E-state index contributed by atoms with van der Waals surface area (Å²) in [7, 11) is 0. The molecule has 35 heavy (non-hydrogen) atoms. The first-order chi connectivity index (χ1) is 16.9. The molecule has 2 atom stereocenters. The molecule has 7 rings (SSSR count). The number of benzene rings is 3. The molecule has 8 heteroatoms. The van der Waals surface area contributed by atoms with Gasteiger partial charge < -0.3 is 15.2 Å². The lowest BCUT2D eigenvalue weighted by molar-refractivity contribution is 0.0580. The van der Waals surface area contributed by atoms with E-state index < -0.39 is 5.82 Å². The minimum Gasteiger partial charge on any atom is -0.356 e. The van der Waals surface area contributed by atoms with Crippen molar-refractivity contribution in [3.63, 3.8) is 0 Å². The molecule has 3 aromatic carbocycles. The summed E-state index contributed by atoms with van der Waals surface area (Å²) >= 11 is 1.44. The molecular weight excluding hydrogens is 463 g/mol. The number of hydrogen-bond donors (Lipinski definition) is 1. The number of nitrogens with zero attached hydrogens (tertiary/aromatic N) is 3. The standard InChI is InChI=1S/C27H21FN4O2S/c1-12-16-7-17-19-9-23(30-2)22(28)8-18(19)21-11-25(35-26(21)20(17)10-24(16)34-31-12)27(33)32-14-3-4-15(32)6-13(29)5-14/h7-11,13-15H,3-6,29H2,1H3. The number of rotatable bonds is 1. The van der Waals surface area contributed by atoms with Crippen molar-refractivity contribution >= 4 is 65.5 Å². The highest BCUT2D eigenvalue weighted by atomic mass is 32.1. The Hall–Kier alpha value is -3.54. The van der Waals surface area contributed by atoms with Gasteiger partial charge in [-0.2, -0.15) is 0 Å². The van der Waals surface area contributed by atoms with E-state index in [1.807, 2.05) is 30.0 Å². The van der Waals surface area contributed by atoms with Crippen LogP contribution in [0.2, 0.25) is 0 Å². The van der Waals surface area contributed by atoms with Crippen LogP contribution in [0.25, 0.3) is 47.4 Å². The first-order valence-corrected chi connectivity index (χ1v) is 12.6. The third-order valence-electron chi connectivity index (χ3n) is 7.77. The van der Waals surface area contributed by atoms with Crippen LogP contribution in [0.5, 0.6) is 0 Å². The predicted octanol–water partition coefficient (Wildman–Crippen LogP) is 6.44. The lowest BCUT2D eigenvalue weighted by Gasteiger charge is -2.37. The summed E-state index contributed by atoms with van der Waals surface area (Å²) in [5.74, 6) is -0.528. The van der Waals surface area contributed by atoms with Gasteiger partial charge in [0.25, 0.3) is 5.91 Å². The molecule has 1 amide bonds. The number of hydrogen-bond acceptors (Lipinski definition) is 5. The molecule has 2 unspecified atom stereocenters. The molecule has 6 nitrogen and oxygen atoms in total. The number of aromatic nitrogens is 1. The molecule has 2 saturated heterocycles. The van der Waals surface area contributed by atoms with Crippen LogP contribution >= 0.6 is 11.3 Å². The van der Waals surface area contributed by atoms with Crippen molar-refractivity contribution in [1.82, 2.24) is 10.1 Å². The van der Waals surface area contributed by atoms with Gasteiger partial charge in [-0.3, -0.25) is 4.79 Å². The summed E-state index contributed by atoms with van der Waals surface area (Å²) in [5.41, 5.74) is 7.63. The van der Waals surface area contributed by atoms with Crippen molar-refractivity contribution in [2.75, 3.05) is 0 Å². The zero-order valence-corrected chi connectivity index (χ0v) is 19.8. The number of amides is 1. The maximum Gasteiger partial charge on any atom is 0.264 e. The van der Waals surface area contributed by atoms with Crippen molar-refractivity contribution < 1.29 is 13.7 Å². The monoisotopic (exact) mass is 484 g/mol. The molecule has 2 aliphatic heterocycles. The third kappa shape index (κ3) is 2.89. The molecule has 0 saturated carbocycles. The largest absolute Gasteiger partial charge is 0.356 e. The van der Waals surface area contributed by atoms with E-state index in [0.717, 1.165) is 63.0 Å². The van der Waals surface area contributed by atoms with E-state index in [-0.39, 0.29) is 29.7 Å². The van der Waals surface area contributed by atoms with E-state index in [9.17, 15) is 9.18 Å². The number of piperidine rings is 1. The topological polar surface area (TPSA) is 76.7 Å². The van der Waals surface area contributed by atoms with Gasteiger partial charge in [0.05, 0.1) is 17.1 Å². The summed E-state index contributed by atoms with van der Waals surface area (Å²) in [5, 5.41) is 9.07. The number of carbonyl (C=O) groups excluding carboxylic acids is 1. The Balaban J connectivity index is 1.52. The molecule has 2 aliphatic rings. The second kappa shape index (κ2) is 7.23. The first kappa shape index (κ1) is 20.8. The zero-order chi connectivity index (χ0) is 24.0. The summed E-state index contributed by atoms with van der Waals surface area (Å²) in [4.78, 5) is 19.8. The average Bonchev–Trinajstić information content (AvgIpc) is 3.52. The molecule has 2 aromatic heterocycles. The second-order valence-corrected chi connectivity index (χ2v) is 10.9. The van der Waals surface area contributed by atoms with E-state index in [2.05, 4.69) is 10.0 Å². The Labute approximate surface area is 203 Å².